The number of ether oxygens (including phenoxy) is 2. The van der Waals surface area contributed by atoms with Crippen LogP contribution in [-0.4, -0.2) is 35.1 Å². The number of nitrogens with zero attached hydrogens (tertiary/aromatic N) is 1. The average molecular weight is 374 g/mol. The van der Waals surface area contributed by atoms with Crippen molar-refractivity contribution in [3.8, 4) is 5.75 Å². The Bertz CT molecular complexity index is 849. The summed E-state index contributed by atoms with van der Waals surface area (Å²) in [5.41, 5.74) is 0.452. The fraction of sp³-hybridized carbons (Fsp3) is 0.222. The molecule has 0 saturated carbocycles. The van der Waals surface area contributed by atoms with E-state index in [0.717, 1.165) is 0 Å². The van der Waals surface area contributed by atoms with Gasteiger partial charge in [-0.3, -0.25) is 14.9 Å². The molecule has 1 atom stereocenters. The number of nitrogens with one attached hydrogen (secondary N) is 1. The van der Waals surface area contributed by atoms with Crippen LogP contribution in [-0.2, 0) is 16.1 Å². The van der Waals surface area contributed by atoms with Gasteiger partial charge in [-0.15, -0.1) is 0 Å². The summed E-state index contributed by atoms with van der Waals surface area (Å²) in [7, 11) is 1.37. The van der Waals surface area contributed by atoms with Crippen LogP contribution in [0.4, 0.5) is 11.4 Å². The number of hydrogen-bond acceptors (Lipinski definition) is 7. The molecule has 0 spiro atoms. The Kier molecular flexibility index (Phi) is 6.45. The van der Waals surface area contributed by atoms with Crippen molar-refractivity contribution in [2.24, 2.45) is 0 Å². The predicted octanol–water partition coefficient (Wildman–Crippen LogP) is 2.28. The number of methoxy groups -OCH3 is 1. The largest absolute Gasteiger partial charge is 0.496 e. The maximum absolute atomic E-state index is 12.2. The molecule has 2 rings (SSSR count). The number of benzene rings is 2. The second kappa shape index (κ2) is 8.77. The lowest BCUT2D eigenvalue weighted by Crippen LogP contribution is -2.30. The first-order valence-electron chi connectivity index (χ1n) is 7.89. The molecule has 0 heterocycles. The lowest BCUT2D eigenvalue weighted by molar-refractivity contribution is -0.384. The zero-order chi connectivity index (χ0) is 20.0. The van der Waals surface area contributed by atoms with Crippen LogP contribution in [0.25, 0.3) is 0 Å². The molecule has 0 bridgehead atoms. The van der Waals surface area contributed by atoms with Gasteiger partial charge in [0.15, 0.2) is 6.10 Å². The molecule has 1 amide bonds. The van der Waals surface area contributed by atoms with Crippen molar-refractivity contribution in [2.45, 2.75) is 19.6 Å². The first kappa shape index (κ1) is 19.9. The summed E-state index contributed by atoms with van der Waals surface area (Å²) in [6.45, 7) is 1.19. The molecule has 0 fully saturated rings. The number of aliphatic hydroxyl groups excluding tert-OH is 1. The van der Waals surface area contributed by atoms with E-state index in [4.69, 9.17) is 14.6 Å². The van der Waals surface area contributed by atoms with Crippen molar-refractivity contribution < 1.29 is 29.1 Å². The fourth-order valence-electron chi connectivity index (χ4n) is 2.16. The van der Waals surface area contributed by atoms with E-state index in [1.54, 1.807) is 12.1 Å². The molecule has 9 nitrogen and oxygen atoms in total. The molecular formula is C18H18N2O7. The highest BCUT2D eigenvalue weighted by Crippen LogP contribution is 2.29. The normalized spacial score (nSPS) is 11.4. The highest BCUT2D eigenvalue weighted by molar-refractivity contribution is 5.98. The summed E-state index contributed by atoms with van der Waals surface area (Å²) in [6, 6.07) is 10.0. The molecule has 0 saturated heterocycles. The smallest absolute Gasteiger partial charge is 0.338 e. The third-order valence-corrected chi connectivity index (χ3v) is 3.68. The molecule has 0 aromatic heterocycles. The molecular weight excluding hydrogens is 356 g/mol. The zero-order valence-electron chi connectivity index (χ0n) is 14.7. The molecule has 0 aliphatic carbocycles. The third kappa shape index (κ3) is 5.02. The third-order valence-electron chi connectivity index (χ3n) is 3.68. The van der Waals surface area contributed by atoms with Gasteiger partial charge in [-0.1, -0.05) is 12.1 Å². The lowest BCUT2D eigenvalue weighted by Gasteiger charge is -2.14. The molecule has 0 radical (unpaired) electrons. The minimum atomic E-state index is -1.18. The number of nitro groups is 1. The SMILES string of the molecule is COc1ccc(NC(=O)[C@H](C)OC(=O)c2ccc(CO)cc2)c([N+](=O)[O-])c1. The number of nitro benzene ring substituents is 1. The zero-order valence-corrected chi connectivity index (χ0v) is 14.7. The highest BCUT2D eigenvalue weighted by atomic mass is 16.6. The van der Waals surface area contributed by atoms with E-state index >= 15 is 0 Å². The van der Waals surface area contributed by atoms with Gasteiger partial charge in [-0.25, -0.2) is 4.79 Å². The van der Waals surface area contributed by atoms with Gasteiger partial charge in [0, 0.05) is 0 Å². The van der Waals surface area contributed by atoms with Crippen LogP contribution in [0.2, 0.25) is 0 Å². The van der Waals surface area contributed by atoms with Crippen LogP contribution < -0.4 is 10.1 Å². The van der Waals surface area contributed by atoms with Crippen LogP contribution in [0.5, 0.6) is 5.75 Å². The van der Waals surface area contributed by atoms with Gasteiger partial charge in [-0.2, -0.15) is 0 Å². The van der Waals surface area contributed by atoms with Gasteiger partial charge in [0.05, 0.1) is 30.3 Å². The Morgan fingerprint density at radius 3 is 2.44 bits per heavy atom. The summed E-state index contributed by atoms with van der Waals surface area (Å²) >= 11 is 0. The number of hydrogen-bond donors (Lipinski definition) is 2. The Balaban J connectivity index is 2.07. The van der Waals surface area contributed by atoms with E-state index in [-0.39, 0.29) is 29.3 Å². The van der Waals surface area contributed by atoms with Crippen LogP contribution in [0.3, 0.4) is 0 Å². The molecule has 0 aliphatic rings. The first-order chi connectivity index (χ1) is 12.8. The number of carbonyl (C=O) groups is 2. The van der Waals surface area contributed by atoms with E-state index < -0.39 is 22.9 Å². The summed E-state index contributed by atoms with van der Waals surface area (Å²) in [6.07, 6.45) is -1.18. The van der Waals surface area contributed by atoms with E-state index in [1.807, 2.05) is 0 Å². The summed E-state index contributed by atoms with van der Waals surface area (Å²) in [5.74, 6) is -1.18. The van der Waals surface area contributed by atoms with E-state index in [1.165, 1.54) is 44.4 Å². The van der Waals surface area contributed by atoms with Crippen LogP contribution in [0, 0.1) is 10.1 Å². The van der Waals surface area contributed by atoms with Gasteiger partial charge in [0.25, 0.3) is 11.6 Å². The molecule has 2 aromatic rings. The van der Waals surface area contributed by atoms with Crippen molar-refractivity contribution in [3.63, 3.8) is 0 Å². The highest BCUT2D eigenvalue weighted by Gasteiger charge is 2.23. The second-order valence-corrected chi connectivity index (χ2v) is 5.53. The van der Waals surface area contributed by atoms with E-state index in [2.05, 4.69) is 5.32 Å². The Morgan fingerprint density at radius 2 is 1.89 bits per heavy atom. The van der Waals surface area contributed by atoms with Crippen LogP contribution >= 0.6 is 0 Å². The Hall–Kier alpha value is -3.46. The molecule has 0 aliphatic heterocycles. The van der Waals surface area contributed by atoms with Gasteiger partial charge in [-0.05, 0) is 36.8 Å². The van der Waals surface area contributed by atoms with Gasteiger partial charge in [0.1, 0.15) is 11.4 Å². The molecule has 142 valence electrons. The molecule has 2 N–H and O–H groups in total. The number of carbonyl (C=O) groups excluding carboxylic acids is 2. The average Bonchev–Trinajstić information content (AvgIpc) is 2.67. The standard InChI is InChI=1S/C18H18N2O7/c1-11(27-18(23)13-5-3-12(10-21)4-6-13)17(22)19-15-8-7-14(26-2)9-16(15)20(24)25/h3-9,11,21H,10H2,1-2H3,(H,19,22)/t11-/m0/s1. The van der Waals surface area contributed by atoms with Gasteiger partial charge < -0.3 is 19.9 Å². The molecule has 9 heteroatoms. The Labute approximate surface area is 154 Å². The van der Waals surface area contributed by atoms with Crippen molar-refractivity contribution in [1.82, 2.24) is 0 Å². The van der Waals surface area contributed by atoms with Crippen LogP contribution in [0.1, 0.15) is 22.8 Å². The minimum Gasteiger partial charge on any atom is -0.496 e. The Morgan fingerprint density at radius 1 is 1.22 bits per heavy atom. The van der Waals surface area contributed by atoms with E-state index in [0.29, 0.717) is 5.56 Å². The summed E-state index contributed by atoms with van der Waals surface area (Å²) < 4.78 is 10.0. The number of amides is 1. The van der Waals surface area contributed by atoms with E-state index in [9.17, 15) is 19.7 Å². The van der Waals surface area contributed by atoms with Crippen molar-refractivity contribution >= 4 is 23.3 Å². The monoisotopic (exact) mass is 374 g/mol. The maximum atomic E-state index is 12.2. The first-order valence-corrected chi connectivity index (χ1v) is 7.89. The number of esters is 1. The summed E-state index contributed by atoms with van der Waals surface area (Å²) in [5, 5.41) is 22.5. The summed E-state index contributed by atoms with van der Waals surface area (Å²) in [4.78, 5) is 34.8. The van der Waals surface area contributed by atoms with Crippen LogP contribution in [0.15, 0.2) is 42.5 Å². The molecule has 0 unspecified atom stereocenters. The fourth-order valence-corrected chi connectivity index (χ4v) is 2.16. The molecule has 2 aromatic carbocycles. The number of aliphatic hydroxyl groups is 1. The molecule has 27 heavy (non-hydrogen) atoms. The predicted molar refractivity (Wildman–Crippen MR) is 95.5 cm³/mol. The second-order valence-electron chi connectivity index (χ2n) is 5.53. The number of anilines is 1. The van der Waals surface area contributed by atoms with Crippen molar-refractivity contribution in [3.05, 3.63) is 63.7 Å². The van der Waals surface area contributed by atoms with Crippen molar-refractivity contribution in [2.75, 3.05) is 12.4 Å². The minimum absolute atomic E-state index is 0.0407. The quantitative estimate of drug-likeness (QED) is 0.432. The van der Waals surface area contributed by atoms with Gasteiger partial charge >= 0.3 is 5.97 Å². The topological polar surface area (TPSA) is 128 Å². The van der Waals surface area contributed by atoms with Crippen molar-refractivity contribution in [1.29, 1.82) is 0 Å². The maximum Gasteiger partial charge on any atom is 0.338 e. The number of rotatable bonds is 7. The van der Waals surface area contributed by atoms with Gasteiger partial charge in [0.2, 0.25) is 0 Å². The lowest BCUT2D eigenvalue weighted by atomic mass is 10.1.